The van der Waals surface area contributed by atoms with Crippen LogP contribution in [0, 0.1) is 0 Å². The highest BCUT2D eigenvalue weighted by atomic mass is 35.5. The molecule has 0 spiro atoms. The average molecular weight is 359 g/mol. The molecule has 6 nitrogen and oxygen atoms in total. The Morgan fingerprint density at radius 1 is 1.29 bits per heavy atom. The zero-order valence-corrected chi connectivity index (χ0v) is 13.1. The van der Waals surface area contributed by atoms with Gasteiger partial charge in [0.2, 0.25) is 11.9 Å². The maximum absolute atomic E-state index is 13.5. The fourth-order valence-electron chi connectivity index (χ4n) is 2.54. The molecule has 3 rings (SSSR count). The summed E-state index contributed by atoms with van der Waals surface area (Å²) >= 11 is 6.17. The Hall–Kier alpha value is -2.26. The molecule has 1 aliphatic rings. The van der Waals surface area contributed by atoms with E-state index in [0.29, 0.717) is 25.1 Å². The average Bonchev–Trinajstić information content (AvgIpc) is 2.92. The number of aromatic nitrogens is 3. The summed E-state index contributed by atoms with van der Waals surface area (Å²) in [5.41, 5.74) is 5.33. The quantitative estimate of drug-likeness (QED) is 0.676. The van der Waals surface area contributed by atoms with Gasteiger partial charge in [-0.25, -0.2) is 5.10 Å². The number of hydrogen-bond acceptors (Lipinski definition) is 5. The second-order valence-corrected chi connectivity index (χ2v) is 5.64. The van der Waals surface area contributed by atoms with Crippen LogP contribution >= 0.6 is 11.6 Å². The second-order valence-electron chi connectivity index (χ2n) is 5.23. The molecule has 1 aromatic carbocycles. The van der Waals surface area contributed by atoms with Crippen molar-refractivity contribution in [2.45, 2.75) is 12.6 Å². The van der Waals surface area contributed by atoms with Crippen molar-refractivity contribution < 1.29 is 13.2 Å². The lowest BCUT2D eigenvalue weighted by Gasteiger charge is -2.21. The van der Waals surface area contributed by atoms with Crippen LogP contribution in [0.4, 0.5) is 30.8 Å². The van der Waals surface area contributed by atoms with E-state index in [-0.39, 0.29) is 28.2 Å². The van der Waals surface area contributed by atoms with Gasteiger partial charge in [0.1, 0.15) is 0 Å². The Labute approximate surface area is 140 Å². The topological polar surface area (TPSA) is 91.7 Å². The number of aromatic amines is 1. The first-order valence-corrected chi connectivity index (χ1v) is 7.48. The van der Waals surface area contributed by atoms with Crippen molar-refractivity contribution in [1.29, 1.82) is 0 Å². The van der Waals surface area contributed by atoms with Crippen LogP contribution in [0.15, 0.2) is 18.2 Å². The van der Waals surface area contributed by atoms with Gasteiger partial charge in [0.25, 0.3) is 0 Å². The number of alkyl halides is 3. The van der Waals surface area contributed by atoms with E-state index in [9.17, 15) is 13.2 Å². The summed E-state index contributed by atoms with van der Waals surface area (Å²) in [5, 5.41) is 11.9. The van der Waals surface area contributed by atoms with Crippen LogP contribution < -0.4 is 16.4 Å². The fourth-order valence-corrected chi connectivity index (χ4v) is 2.88. The molecule has 10 heteroatoms. The number of nitrogen functional groups attached to an aromatic ring is 1. The van der Waals surface area contributed by atoms with Gasteiger partial charge in [-0.15, -0.1) is 5.10 Å². The zero-order valence-electron chi connectivity index (χ0n) is 12.3. The number of nitrogens with zero attached hydrogens (tertiary/aromatic N) is 2. The van der Waals surface area contributed by atoms with Crippen LogP contribution in [0.5, 0.6) is 0 Å². The lowest BCUT2D eigenvalue weighted by atomic mass is 9.94. The van der Waals surface area contributed by atoms with E-state index in [2.05, 4.69) is 25.8 Å². The van der Waals surface area contributed by atoms with Gasteiger partial charge in [-0.1, -0.05) is 17.7 Å². The van der Waals surface area contributed by atoms with E-state index >= 15 is 0 Å². The highest BCUT2D eigenvalue weighted by Crippen LogP contribution is 2.42. The molecule has 0 unspecified atom stereocenters. The van der Waals surface area contributed by atoms with Crippen LogP contribution in [0.25, 0.3) is 5.57 Å². The minimum Gasteiger partial charge on any atom is -0.368 e. The first-order chi connectivity index (χ1) is 11.3. The van der Waals surface area contributed by atoms with Crippen molar-refractivity contribution in [3.63, 3.8) is 0 Å². The SMILES string of the molecule is Nc1nc(Nc2cc(Cl)c(C3=CCNCC3)c(C(F)(F)F)c2)n[nH]1. The highest BCUT2D eigenvalue weighted by molar-refractivity contribution is 6.32. The number of nitrogens with two attached hydrogens (primary N) is 1. The van der Waals surface area contributed by atoms with E-state index in [4.69, 9.17) is 17.3 Å². The van der Waals surface area contributed by atoms with Crippen molar-refractivity contribution >= 4 is 34.8 Å². The maximum atomic E-state index is 13.5. The molecule has 1 aromatic heterocycles. The summed E-state index contributed by atoms with van der Waals surface area (Å²) in [6.45, 7) is 1.12. The van der Waals surface area contributed by atoms with Gasteiger partial charge in [0.05, 0.1) is 10.6 Å². The first kappa shape index (κ1) is 16.6. The Bertz CT molecular complexity index is 783. The van der Waals surface area contributed by atoms with E-state index in [1.165, 1.54) is 6.07 Å². The van der Waals surface area contributed by atoms with Gasteiger partial charge in [-0.05, 0) is 30.7 Å². The molecular formula is C14H14ClF3N6. The summed E-state index contributed by atoms with van der Waals surface area (Å²) in [4.78, 5) is 3.80. The van der Waals surface area contributed by atoms with Gasteiger partial charge in [0, 0.05) is 17.8 Å². The molecule has 0 aliphatic carbocycles. The summed E-state index contributed by atoms with van der Waals surface area (Å²) in [7, 11) is 0. The summed E-state index contributed by atoms with van der Waals surface area (Å²) in [5.74, 6) is 0.113. The standard InChI is InChI=1S/C14H14ClF3N6/c15-10-6-8(21-13-22-12(19)23-24-13)5-9(14(16,17)18)11(10)7-1-3-20-4-2-7/h1,5-6,20H,2-4H2,(H4,19,21,22,23,24). The molecule has 2 heterocycles. The van der Waals surface area contributed by atoms with Gasteiger partial charge in [-0.3, -0.25) is 0 Å². The molecule has 0 bridgehead atoms. The van der Waals surface area contributed by atoms with Gasteiger partial charge >= 0.3 is 6.18 Å². The molecule has 0 saturated carbocycles. The number of benzene rings is 1. The second kappa shape index (κ2) is 6.33. The third-order valence-electron chi connectivity index (χ3n) is 3.54. The van der Waals surface area contributed by atoms with Crippen molar-refractivity contribution in [1.82, 2.24) is 20.5 Å². The summed E-state index contributed by atoms with van der Waals surface area (Å²) in [6, 6.07) is 2.41. The number of rotatable bonds is 3. The number of H-pyrrole nitrogens is 1. The van der Waals surface area contributed by atoms with Crippen molar-refractivity contribution in [3.8, 4) is 0 Å². The van der Waals surface area contributed by atoms with E-state index in [0.717, 1.165) is 6.07 Å². The van der Waals surface area contributed by atoms with E-state index < -0.39 is 11.7 Å². The van der Waals surface area contributed by atoms with Gasteiger partial charge in [-0.2, -0.15) is 18.2 Å². The Morgan fingerprint density at radius 2 is 2.08 bits per heavy atom. The molecule has 0 atom stereocenters. The molecular weight excluding hydrogens is 345 g/mol. The zero-order chi connectivity index (χ0) is 17.3. The predicted octanol–water partition coefficient (Wildman–Crippen LogP) is 3.18. The molecule has 2 aromatic rings. The van der Waals surface area contributed by atoms with Crippen LogP contribution in [0.2, 0.25) is 5.02 Å². The molecule has 0 radical (unpaired) electrons. The predicted molar refractivity (Wildman–Crippen MR) is 86.0 cm³/mol. The molecule has 1 aliphatic heterocycles. The lowest BCUT2D eigenvalue weighted by molar-refractivity contribution is -0.137. The number of hydrogen-bond donors (Lipinski definition) is 4. The molecule has 0 amide bonds. The smallest absolute Gasteiger partial charge is 0.368 e. The lowest BCUT2D eigenvalue weighted by Crippen LogP contribution is -2.21. The molecule has 0 fully saturated rings. The minimum atomic E-state index is -4.54. The number of halogens is 4. The van der Waals surface area contributed by atoms with Crippen molar-refractivity contribution in [2.24, 2.45) is 0 Å². The normalized spacial score (nSPS) is 15.2. The first-order valence-electron chi connectivity index (χ1n) is 7.10. The van der Waals surface area contributed by atoms with Crippen LogP contribution in [0.3, 0.4) is 0 Å². The molecule has 5 N–H and O–H groups in total. The van der Waals surface area contributed by atoms with Crippen molar-refractivity contribution in [2.75, 3.05) is 24.1 Å². The fraction of sp³-hybridized carbons (Fsp3) is 0.286. The number of anilines is 3. The van der Waals surface area contributed by atoms with Gasteiger partial charge < -0.3 is 16.4 Å². The Kier molecular flexibility index (Phi) is 4.37. The largest absolute Gasteiger partial charge is 0.417 e. The number of nitrogens with one attached hydrogen (secondary N) is 3. The molecule has 0 saturated heterocycles. The van der Waals surface area contributed by atoms with Crippen molar-refractivity contribution in [3.05, 3.63) is 34.4 Å². The van der Waals surface area contributed by atoms with Crippen LogP contribution in [0.1, 0.15) is 17.5 Å². The van der Waals surface area contributed by atoms with E-state index in [1.54, 1.807) is 6.08 Å². The summed E-state index contributed by atoms with van der Waals surface area (Å²) in [6.07, 6.45) is -2.34. The highest BCUT2D eigenvalue weighted by Gasteiger charge is 2.36. The van der Waals surface area contributed by atoms with E-state index in [1.807, 2.05) is 0 Å². The third-order valence-corrected chi connectivity index (χ3v) is 3.84. The monoisotopic (exact) mass is 358 g/mol. The van der Waals surface area contributed by atoms with Crippen LogP contribution in [-0.4, -0.2) is 28.3 Å². The van der Waals surface area contributed by atoms with Gasteiger partial charge in [0.15, 0.2) is 0 Å². The molecule has 24 heavy (non-hydrogen) atoms. The maximum Gasteiger partial charge on any atom is 0.417 e. The van der Waals surface area contributed by atoms with Crippen LogP contribution in [-0.2, 0) is 6.18 Å². The summed E-state index contributed by atoms with van der Waals surface area (Å²) < 4.78 is 40.6. The molecule has 128 valence electrons. The Morgan fingerprint density at radius 3 is 2.67 bits per heavy atom. The Balaban J connectivity index is 2.05. The minimum absolute atomic E-state index is 0.0176. The third kappa shape index (κ3) is 3.46.